The van der Waals surface area contributed by atoms with E-state index < -0.39 is 0 Å². The third-order valence-corrected chi connectivity index (χ3v) is 4.14. The fraction of sp³-hybridized carbons (Fsp3) is 0.571. The molecule has 1 aliphatic rings. The lowest BCUT2D eigenvalue weighted by Gasteiger charge is -2.34. The molecule has 0 amide bonds. The molecule has 0 aliphatic heterocycles. The Morgan fingerprint density at radius 3 is 2.75 bits per heavy atom. The van der Waals surface area contributed by atoms with Gasteiger partial charge in [0.25, 0.3) is 0 Å². The van der Waals surface area contributed by atoms with Crippen LogP contribution in [0.15, 0.2) is 18.2 Å². The molecule has 0 fully saturated rings. The fourth-order valence-electron chi connectivity index (χ4n) is 2.89. The second kappa shape index (κ2) is 4.77. The molecule has 2 rings (SSSR count). The highest BCUT2D eigenvalue weighted by Gasteiger charge is 2.29. The number of hydrogen-bond donors (Lipinski definition) is 1. The molecule has 0 spiro atoms. The van der Waals surface area contributed by atoms with Crippen LogP contribution < -0.4 is 5.73 Å². The molecular formula is C14H20ClN. The van der Waals surface area contributed by atoms with Crippen molar-refractivity contribution < 1.29 is 0 Å². The lowest BCUT2D eigenvalue weighted by atomic mass is 9.72. The van der Waals surface area contributed by atoms with Crippen molar-refractivity contribution in [2.45, 2.75) is 38.5 Å². The predicted molar refractivity (Wildman–Crippen MR) is 70.1 cm³/mol. The summed E-state index contributed by atoms with van der Waals surface area (Å²) < 4.78 is 0. The number of benzene rings is 1. The number of nitrogens with two attached hydrogens (primary N) is 1. The maximum absolute atomic E-state index is 6.36. The Bertz CT molecular complexity index is 373. The SMILES string of the molecule is CC(C)C1CCC(CN)c2cccc(Cl)c21. The summed E-state index contributed by atoms with van der Waals surface area (Å²) in [5.74, 6) is 1.76. The topological polar surface area (TPSA) is 26.0 Å². The highest BCUT2D eigenvalue weighted by molar-refractivity contribution is 6.31. The monoisotopic (exact) mass is 237 g/mol. The Hall–Kier alpha value is -0.530. The maximum atomic E-state index is 6.36. The zero-order valence-corrected chi connectivity index (χ0v) is 10.8. The Balaban J connectivity index is 2.49. The molecule has 88 valence electrons. The van der Waals surface area contributed by atoms with E-state index in [0.717, 1.165) is 11.6 Å². The van der Waals surface area contributed by atoms with Crippen molar-refractivity contribution in [2.24, 2.45) is 11.7 Å². The number of rotatable bonds is 2. The Morgan fingerprint density at radius 1 is 1.38 bits per heavy atom. The standard InChI is InChI=1S/C14H20ClN/c1-9(2)11-7-6-10(8-16)12-4-3-5-13(15)14(11)12/h3-5,9-11H,6-8,16H2,1-2H3. The average Bonchev–Trinajstić information content (AvgIpc) is 2.28. The molecule has 0 saturated carbocycles. The van der Waals surface area contributed by atoms with Gasteiger partial charge in [-0.15, -0.1) is 0 Å². The number of halogens is 1. The van der Waals surface area contributed by atoms with Crippen LogP contribution in [0.2, 0.25) is 5.02 Å². The van der Waals surface area contributed by atoms with Crippen molar-refractivity contribution in [1.29, 1.82) is 0 Å². The van der Waals surface area contributed by atoms with E-state index in [9.17, 15) is 0 Å². The first-order valence-corrected chi connectivity index (χ1v) is 6.51. The largest absolute Gasteiger partial charge is 0.330 e. The minimum Gasteiger partial charge on any atom is -0.330 e. The highest BCUT2D eigenvalue weighted by Crippen LogP contribution is 2.44. The normalized spacial score (nSPS) is 24.6. The zero-order chi connectivity index (χ0) is 11.7. The van der Waals surface area contributed by atoms with Crippen molar-refractivity contribution >= 4 is 11.6 Å². The van der Waals surface area contributed by atoms with Gasteiger partial charge in [0.1, 0.15) is 0 Å². The van der Waals surface area contributed by atoms with Crippen LogP contribution in [0.5, 0.6) is 0 Å². The molecule has 0 saturated heterocycles. The molecule has 1 nitrogen and oxygen atoms in total. The second-order valence-corrected chi connectivity index (χ2v) is 5.51. The molecule has 0 bridgehead atoms. The van der Waals surface area contributed by atoms with Gasteiger partial charge in [-0.25, -0.2) is 0 Å². The van der Waals surface area contributed by atoms with Gasteiger partial charge >= 0.3 is 0 Å². The molecule has 2 heteroatoms. The van der Waals surface area contributed by atoms with E-state index in [1.807, 2.05) is 12.1 Å². The molecule has 0 aromatic heterocycles. The van der Waals surface area contributed by atoms with Crippen LogP contribution in [0.3, 0.4) is 0 Å². The van der Waals surface area contributed by atoms with Crippen molar-refractivity contribution in [3.63, 3.8) is 0 Å². The minimum absolute atomic E-state index is 0.503. The molecule has 2 unspecified atom stereocenters. The van der Waals surface area contributed by atoms with E-state index in [4.69, 9.17) is 17.3 Å². The summed E-state index contributed by atoms with van der Waals surface area (Å²) in [4.78, 5) is 0. The molecule has 16 heavy (non-hydrogen) atoms. The summed E-state index contributed by atoms with van der Waals surface area (Å²) in [6.07, 6.45) is 2.42. The van der Waals surface area contributed by atoms with Crippen LogP contribution in [0, 0.1) is 5.92 Å². The Morgan fingerprint density at radius 2 is 2.12 bits per heavy atom. The predicted octanol–water partition coefficient (Wildman–Crippen LogP) is 3.92. The van der Waals surface area contributed by atoms with Crippen molar-refractivity contribution in [3.05, 3.63) is 34.3 Å². The third kappa shape index (κ3) is 1.99. The molecule has 2 N–H and O–H groups in total. The Labute approximate surface area is 103 Å². The number of fused-ring (bicyclic) bond motifs is 1. The second-order valence-electron chi connectivity index (χ2n) is 5.10. The molecule has 0 heterocycles. The number of hydrogen-bond acceptors (Lipinski definition) is 1. The summed E-state index contributed by atoms with van der Waals surface area (Å²) in [5.41, 5.74) is 8.60. The molecule has 0 radical (unpaired) electrons. The van der Waals surface area contributed by atoms with Crippen LogP contribution in [0.4, 0.5) is 0 Å². The van der Waals surface area contributed by atoms with E-state index in [1.54, 1.807) is 0 Å². The summed E-state index contributed by atoms with van der Waals surface area (Å²) in [7, 11) is 0. The van der Waals surface area contributed by atoms with Crippen LogP contribution >= 0.6 is 11.6 Å². The van der Waals surface area contributed by atoms with Crippen LogP contribution in [-0.4, -0.2) is 6.54 Å². The van der Waals surface area contributed by atoms with Gasteiger partial charge < -0.3 is 5.73 Å². The van der Waals surface area contributed by atoms with Gasteiger partial charge in [0.15, 0.2) is 0 Å². The summed E-state index contributed by atoms with van der Waals surface area (Å²) >= 11 is 6.36. The van der Waals surface area contributed by atoms with Crippen LogP contribution in [-0.2, 0) is 0 Å². The molecule has 1 aromatic carbocycles. The first kappa shape index (κ1) is 11.9. The first-order chi connectivity index (χ1) is 7.65. The summed E-state index contributed by atoms with van der Waals surface area (Å²) in [6.45, 7) is 5.29. The lowest BCUT2D eigenvalue weighted by molar-refractivity contribution is 0.403. The van der Waals surface area contributed by atoms with Crippen molar-refractivity contribution in [2.75, 3.05) is 6.54 Å². The smallest absolute Gasteiger partial charge is 0.0443 e. The van der Waals surface area contributed by atoms with E-state index in [-0.39, 0.29) is 0 Å². The molecular weight excluding hydrogens is 218 g/mol. The van der Waals surface area contributed by atoms with E-state index >= 15 is 0 Å². The quantitative estimate of drug-likeness (QED) is 0.829. The molecule has 1 aromatic rings. The fourth-order valence-corrected chi connectivity index (χ4v) is 3.21. The van der Waals surface area contributed by atoms with Crippen molar-refractivity contribution in [1.82, 2.24) is 0 Å². The Kier molecular flexibility index (Phi) is 3.56. The maximum Gasteiger partial charge on any atom is 0.0443 e. The highest BCUT2D eigenvalue weighted by atomic mass is 35.5. The van der Waals surface area contributed by atoms with Gasteiger partial charge in [-0.3, -0.25) is 0 Å². The van der Waals surface area contributed by atoms with Crippen LogP contribution in [0.1, 0.15) is 49.7 Å². The van der Waals surface area contributed by atoms with Gasteiger partial charge in [0, 0.05) is 5.02 Å². The van der Waals surface area contributed by atoms with E-state index in [2.05, 4.69) is 19.9 Å². The zero-order valence-electron chi connectivity index (χ0n) is 10.0. The minimum atomic E-state index is 0.503. The summed E-state index contributed by atoms with van der Waals surface area (Å²) in [5, 5.41) is 0.925. The van der Waals surface area contributed by atoms with Gasteiger partial charge in [-0.2, -0.15) is 0 Å². The van der Waals surface area contributed by atoms with E-state index in [1.165, 1.54) is 24.0 Å². The molecule has 2 atom stereocenters. The third-order valence-electron chi connectivity index (χ3n) is 3.81. The van der Waals surface area contributed by atoms with E-state index in [0.29, 0.717) is 17.8 Å². The average molecular weight is 238 g/mol. The van der Waals surface area contributed by atoms with Gasteiger partial charge in [-0.05, 0) is 54.3 Å². The van der Waals surface area contributed by atoms with Gasteiger partial charge in [0.2, 0.25) is 0 Å². The summed E-state index contributed by atoms with van der Waals surface area (Å²) in [6, 6.07) is 6.26. The lowest BCUT2D eigenvalue weighted by Crippen LogP contribution is -2.23. The van der Waals surface area contributed by atoms with Gasteiger partial charge in [-0.1, -0.05) is 37.6 Å². The van der Waals surface area contributed by atoms with Gasteiger partial charge in [0.05, 0.1) is 0 Å². The first-order valence-electron chi connectivity index (χ1n) is 6.13. The van der Waals surface area contributed by atoms with Crippen molar-refractivity contribution in [3.8, 4) is 0 Å². The van der Waals surface area contributed by atoms with Crippen LogP contribution in [0.25, 0.3) is 0 Å². The molecule has 1 aliphatic carbocycles.